The lowest BCUT2D eigenvalue weighted by molar-refractivity contribution is -0.144. The number of carbonyl (C=O) groups is 1. The molecular formula is C21H18N2O4S3. The van der Waals surface area contributed by atoms with E-state index in [9.17, 15) is 4.79 Å². The maximum absolute atomic E-state index is 12.2. The Kier molecular flexibility index (Phi) is 6.41. The van der Waals surface area contributed by atoms with Gasteiger partial charge in [-0.2, -0.15) is 0 Å². The highest BCUT2D eigenvalue weighted by molar-refractivity contribution is 7.20. The maximum atomic E-state index is 12.2. The molecule has 9 heteroatoms. The van der Waals surface area contributed by atoms with E-state index in [1.807, 2.05) is 46.5 Å². The number of aromatic nitrogens is 2. The van der Waals surface area contributed by atoms with Gasteiger partial charge in [0.2, 0.25) is 0 Å². The summed E-state index contributed by atoms with van der Waals surface area (Å²) in [5.41, 5.74) is 2.34. The number of carbonyl (C=O) groups excluding carboxylic acids is 1. The Bertz CT molecular complexity index is 1140. The van der Waals surface area contributed by atoms with E-state index in [0.717, 1.165) is 26.1 Å². The van der Waals surface area contributed by atoms with E-state index < -0.39 is 0 Å². The van der Waals surface area contributed by atoms with Gasteiger partial charge in [0.15, 0.2) is 11.5 Å². The minimum absolute atomic E-state index is 0.130. The van der Waals surface area contributed by atoms with Gasteiger partial charge in [0, 0.05) is 16.3 Å². The summed E-state index contributed by atoms with van der Waals surface area (Å²) in [4.78, 5) is 22.4. The van der Waals surface area contributed by atoms with Gasteiger partial charge >= 0.3 is 5.97 Å². The lowest BCUT2D eigenvalue weighted by Gasteiger charge is -2.08. The molecule has 0 bridgehead atoms. The van der Waals surface area contributed by atoms with Crippen molar-refractivity contribution in [2.75, 3.05) is 14.2 Å². The van der Waals surface area contributed by atoms with Crippen molar-refractivity contribution in [3.8, 4) is 32.0 Å². The lowest BCUT2D eigenvalue weighted by atomic mass is 10.2. The molecular weight excluding hydrogens is 440 g/mol. The van der Waals surface area contributed by atoms with Crippen molar-refractivity contribution in [2.24, 2.45) is 0 Å². The Hall–Kier alpha value is -2.75. The van der Waals surface area contributed by atoms with Crippen molar-refractivity contribution in [3.63, 3.8) is 0 Å². The normalized spacial score (nSPS) is 10.7. The van der Waals surface area contributed by atoms with Gasteiger partial charge in [-0.05, 0) is 29.6 Å². The number of rotatable bonds is 8. The van der Waals surface area contributed by atoms with E-state index in [-0.39, 0.29) is 19.0 Å². The molecule has 1 aromatic carbocycles. The van der Waals surface area contributed by atoms with Crippen molar-refractivity contribution in [3.05, 3.63) is 57.9 Å². The zero-order valence-corrected chi connectivity index (χ0v) is 18.7. The first-order valence-electron chi connectivity index (χ1n) is 8.97. The largest absolute Gasteiger partial charge is 0.493 e. The van der Waals surface area contributed by atoms with Gasteiger partial charge in [-0.3, -0.25) is 4.79 Å². The monoisotopic (exact) mass is 458 g/mol. The molecule has 3 aromatic heterocycles. The summed E-state index contributed by atoms with van der Waals surface area (Å²) in [6.07, 6.45) is 0.147. The second-order valence-electron chi connectivity index (χ2n) is 6.17. The molecule has 0 radical (unpaired) electrons. The van der Waals surface area contributed by atoms with Gasteiger partial charge in [0.1, 0.15) is 16.6 Å². The Balaban J connectivity index is 1.35. The van der Waals surface area contributed by atoms with Crippen LogP contribution in [0, 0.1) is 0 Å². The van der Waals surface area contributed by atoms with Crippen LogP contribution in [0.4, 0.5) is 0 Å². The van der Waals surface area contributed by atoms with Crippen molar-refractivity contribution in [2.45, 2.75) is 13.0 Å². The fraction of sp³-hybridized carbons (Fsp3) is 0.190. The predicted molar refractivity (Wildman–Crippen MR) is 120 cm³/mol. The van der Waals surface area contributed by atoms with Crippen molar-refractivity contribution < 1.29 is 19.0 Å². The maximum Gasteiger partial charge on any atom is 0.312 e. The number of thiazole rings is 2. The van der Waals surface area contributed by atoms with Gasteiger partial charge < -0.3 is 14.2 Å². The first-order chi connectivity index (χ1) is 14.7. The quantitative estimate of drug-likeness (QED) is 0.334. The summed E-state index contributed by atoms with van der Waals surface area (Å²) in [7, 11) is 3.20. The van der Waals surface area contributed by atoms with E-state index in [2.05, 4.69) is 9.97 Å². The van der Waals surface area contributed by atoms with Gasteiger partial charge in [-0.25, -0.2) is 9.97 Å². The minimum Gasteiger partial charge on any atom is -0.493 e. The summed E-state index contributed by atoms with van der Waals surface area (Å²) in [6, 6.07) is 9.64. The Morgan fingerprint density at radius 2 is 1.70 bits per heavy atom. The van der Waals surface area contributed by atoms with E-state index in [1.54, 1.807) is 25.6 Å². The van der Waals surface area contributed by atoms with E-state index in [0.29, 0.717) is 17.2 Å². The standard InChI is InChI=1S/C21H18N2O4S3/c1-25-16-6-5-13(8-17(16)26-2)20-23-15(12-29-20)10-27-19(24)9-14-11-30-21(22-14)18-4-3-7-28-18/h3-8,11-12H,9-10H2,1-2H3. The SMILES string of the molecule is COc1ccc(-c2nc(COC(=O)Cc3csc(-c4cccs4)n3)cs2)cc1OC. The van der Waals surface area contributed by atoms with Crippen LogP contribution in [0.15, 0.2) is 46.5 Å². The molecule has 6 nitrogen and oxygen atoms in total. The topological polar surface area (TPSA) is 70.5 Å². The fourth-order valence-electron chi connectivity index (χ4n) is 2.73. The Morgan fingerprint density at radius 1 is 0.933 bits per heavy atom. The summed E-state index contributed by atoms with van der Waals surface area (Å²) in [5, 5.41) is 7.54. The molecule has 0 spiro atoms. The molecule has 0 unspecified atom stereocenters. The van der Waals surface area contributed by atoms with Crippen LogP contribution < -0.4 is 9.47 Å². The lowest BCUT2D eigenvalue weighted by Crippen LogP contribution is -2.08. The zero-order valence-electron chi connectivity index (χ0n) is 16.3. The van der Waals surface area contributed by atoms with Gasteiger partial charge in [0.25, 0.3) is 0 Å². The number of hydrogen-bond acceptors (Lipinski definition) is 9. The number of benzene rings is 1. The number of methoxy groups -OCH3 is 2. The molecule has 4 aromatic rings. The zero-order chi connectivity index (χ0) is 20.9. The molecule has 0 saturated heterocycles. The Morgan fingerprint density at radius 3 is 2.47 bits per heavy atom. The van der Waals surface area contributed by atoms with E-state index in [1.165, 1.54) is 22.7 Å². The smallest absolute Gasteiger partial charge is 0.312 e. The number of thiophene rings is 1. The van der Waals surface area contributed by atoms with Crippen LogP contribution in [0.1, 0.15) is 11.4 Å². The average molecular weight is 459 g/mol. The van der Waals surface area contributed by atoms with Gasteiger partial charge in [-0.1, -0.05) is 6.07 Å². The van der Waals surface area contributed by atoms with Crippen molar-refractivity contribution in [1.29, 1.82) is 0 Å². The van der Waals surface area contributed by atoms with Crippen molar-refractivity contribution in [1.82, 2.24) is 9.97 Å². The van der Waals surface area contributed by atoms with E-state index >= 15 is 0 Å². The molecule has 30 heavy (non-hydrogen) atoms. The fourth-order valence-corrected chi connectivity index (χ4v) is 5.17. The number of ether oxygens (including phenoxy) is 3. The van der Waals surface area contributed by atoms with Gasteiger partial charge in [-0.15, -0.1) is 34.0 Å². The van der Waals surface area contributed by atoms with Crippen molar-refractivity contribution >= 4 is 40.0 Å². The molecule has 0 saturated carbocycles. The predicted octanol–water partition coefficient (Wildman–Crippen LogP) is 5.30. The van der Waals surface area contributed by atoms with Crippen LogP contribution >= 0.6 is 34.0 Å². The van der Waals surface area contributed by atoms with Crippen LogP contribution in [0.25, 0.3) is 20.5 Å². The molecule has 0 aliphatic rings. The van der Waals surface area contributed by atoms with Gasteiger partial charge in [0.05, 0.1) is 36.9 Å². The first-order valence-corrected chi connectivity index (χ1v) is 11.6. The third-order valence-corrected chi connectivity index (χ3v) is 7.04. The summed E-state index contributed by atoms with van der Waals surface area (Å²) < 4.78 is 16.0. The third-order valence-electron chi connectivity index (χ3n) is 4.17. The number of esters is 1. The molecule has 0 atom stereocenters. The highest BCUT2D eigenvalue weighted by Gasteiger charge is 2.13. The second-order valence-corrected chi connectivity index (χ2v) is 8.84. The van der Waals surface area contributed by atoms with Crippen LogP contribution in [0.3, 0.4) is 0 Å². The molecule has 0 N–H and O–H groups in total. The highest BCUT2D eigenvalue weighted by atomic mass is 32.1. The minimum atomic E-state index is -0.321. The molecule has 0 fully saturated rings. The second kappa shape index (κ2) is 9.38. The number of hydrogen-bond donors (Lipinski definition) is 0. The molecule has 3 heterocycles. The summed E-state index contributed by atoms with van der Waals surface area (Å²) in [5.74, 6) is 0.985. The van der Waals surface area contributed by atoms with Crippen LogP contribution in [0.5, 0.6) is 11.5 Å². The molecule has 154 valence electrons. The highest BCUT2D eigenvalue weighted by Crippen LogP contribution is 2.33. The number of nitrogens with zero attached hydrogens (tertiary/aromatic N) is 2. The molecule has 4 rings (SSSR count). The third kappa shape index (κ3) is 4.69. The molecule has 0 amide bonds. The molecule has 0 aliphatic carbocycles. The molecule has 0 aliphatic heterocycles. The summed E-state index contributed by atoms with van der Waals surface area (Å²) in [6.45, 7) is 0.130. The van der Waals surface area contributed by atoms with E-state index in [4.69, 9.17) is 14.2 Å². The Labute approximate surface area is 185 Å². The van der Waals surface area contributed by atoms with Crippen LogP contribution in [-0.4, -0.2) is 30.2 Å². The first kappa shape index (κ1) is 20.5. The summed E-state index contributed by atoms with van der Waals surface area (Å²) >= 11 is 4.65. The van der Waals surface area contributed by atoms with Crippen LogP contribution in [-0.2, 0) is 22.6 Å². The average Bonchev–Trinajstić information content (AvgIpc) is 3.53. The van der Waals surface area contributed by atoms with Crippen LogP contribution in [0.2, 0.25) is 0 Å².